The van der Waals surface area contributed by atoms with Crippen molar-refractivity contribution in [2.45, 2.75) is 6.04 Å². The predicted octanol–water partition coefficient (Wildman–Crippen LogP) is 2.25. The van der Waals surface area contributed by atoms with Gasteiger partial charge in [0.25, 0.3) is 11.8 Å². The van der Waals surface area contributed by atoms with Crippen molar-refractivity contribution < 1.29 is 18.9 Å². The van der Waals surface area contributed by atoms with Crippen molar-refractivity contribution in [3.8, 4) is 0 Å². The summed E-state index contributed by atoms with van der Waals surface area (Å²) in [5.74, 6) is -0.842. The van der Waals surface area contributed by atoms with Gasteiger partial charge in [0.2, 0.25) is 0 Å². The van der Waals surface area contributed by atoms with E-state index in [0.717, 1.165) is 15.3 Å². The molecule has 29 heavy (non-hydrogen) atoms. The number of hydrogen-bond acceptors (Lipinski definition) is 3. The zero-order chi connectivity index (χ0) is 20.6. The maximum atomic E-state index is 13.2. The number of benzene rings is 2. The summed E-state index contributed by atoms with van der Waals surface area (Å²) in [7, 11) is 1.77. The van der Waals surface area contributed by atoms with Gasteiger partial charge in [0, 0.05) is 10.6 Å². The summed E-state index contributed by atoms with van der Waals surface area (Å²) in [6.07, 6.45) is 0. The first-order valence-corrected chi connectivity index (χ1v) is 10.1. The summed E-state index contributed by atoms with van der Waals surface area (Å²) in [5.41, 5.74) is 1.40. The molecule has 1 unspecified atom stereocenters. The molecule has 0 aliphatic carbocycles. The molecule has 1 aromatic heterocycles. The Morgan fingerprint density at radius 3 is 2.45 bits per heavy atom. The van der Waals surface area contributed by atoms with Crippen molar-refractivity contribution in [3.05, 3.63) is 88.4 Å². The van der Waals surface area contributed by atoms with Crippen LogP contribution < -0.4 is 15.5 Å². The van der Waals surface area contributed by atoms with E-state index in [-0.39, 0.29) is 30.9 Å². The average Bonchev–Trinajstić information content (AvgIpc) is 3.21. The van der Waals surface area contributed by atoms with Crippen LogP contribution in [0.5, 0.6) is 0 Å². The lowest BCUT2D eigenvalue weighted by atomic mass is 10.1. The third-order valence-electron chi connectivity index (χ3n) is 4.30. The van der Waals surface area contributed by atoms with Gasteiger partial charge in [-0.05, 0) is 35.2 Å². The minimum atomic E-state index is -0.414. The van der Waals surface area contributed by atoms with Crippen LogP contribution in [-0.4, -0.2) is 32.0 Å². The van der Waals surface area contributed by atoms with E-state index in [1.165, 1.54) is 18.2 Å². The number of amides is 2. The van der Waals surface area contributed by atoms with Gasteiger partial charge < -0.3 is 15.5 Å². The van der Waals surface area contributed by atoms with Gasteiger partial charge in [-0.3, -0.25) is 9.59 Å². The molecule has 0 aliphatic heterocycles. The number of rotatable bonds is 8. The molecule has 0 spiro atoms. The Morgan fingerprint density at radius 1 is 1.00 bits per heavy atom. The Bertz CT molecular complexity index is 948. The molecule has 3 aromatic rings. The Labute approximate surface area is 173 Å². The van der Waals surface area contributed by atoms with Crippen LogP contribution in [0, 0.1) is 5.82 Å². The highest BCUT2D eigenvalue weighted by molar-refractivity contribution is 7.10. The van der Waals surface area contributed by atoms with E-state index in [1.807, 2.05) is 47.8 Å². The summed E-state index contributed by atoms with van der Waals surface area (Å²) in [6, 6.07) is 19.2. The number of hydrogen-bond donors (Lipinski definition) is 3. The highest BCUT2D eigenvalue weighted by Crippen LogP contribution is 2.25. The molecule has 2 aromatic carbocycles. The second-order valence-electron chi connectivity index (χ2n) is 6.80. The zero-order valence-electron chi connectivity index (χ0n) is 16.0. The van der Waals surface area contributed by atoms with E-state index in [1.54, 1.807) is 24.5 Å². The zero-order valence-corrected chi connectivity index (χ0v) is 16.8. The largest absolute Gasteiger partial charge is 0.339 e. The lowest BCUT2D eigenvalue weighted by molar-refractivity contribution is -0.862. The maximum absolute atomic E-state index is 13.2. The number of carbonyl (C=O) groups excluding carboxylic acids is 2. The van der Waals surface area contributed by atoms with Gasteiger partial charge in [-0.15, -0.1) is 11.3 Å². The lowest BCUT2D eigenvalue weighted by Crippen LogP contribution is -3.11. The molecule has 0 saturated carbocycles. The molecule has 0 bridgehead atoms. The standard InChI is InChI=1S/C22H22FN3O2S/c1-26(14-20(27)24-18-10-5-9-17(23)13-18)15-21(28)25-22(19-11-6-12-29-19)16-7-3-2-4-8-16/h2-13,22H,14-15H2,1H3,(H,24,27)(H,25,28)/p+1/t22-/m0/s1. The fourth-order valence-corrected chi connectivity index (χ4v) is 3.82. The van der Waals surface area contributed by atoms with E-state index >= 15 is 0 Å². The van der Waals surface area contributed by atoms with Gasteiger partial charge in [-0.2, -0.15) is 0 Å². The summed E-state index contributed by atoms with van der Waals surface area (Å²) in [4.78, 5) is 26.5. The van der Waals surface area contributed by atoms with Gasteiger partial charge in [0.15, 0.2) is 13.1 Å². The quantitative estimate of drug-likeness (QED) is 0.531. The van der Waals surface area contributed by atoms with Gasteiger partial charge >= 0.3 is 0 Å². The monoisotopic (exact) mass is 412 g/mol. The van der Waals surface area contributed by atoms with E-state index in [0.29, 0.717) is 5.69 Å². The number of anilines is 1. The van der Waals surface area contributed by atoms with Crippen LogP contribution in [-0.2, 0) is 9.59 Å². The third-order valence-corrected chi connectivity index (χ3v) is 5.24. The van der Waals surface area contributed by atoms with Crippen LogP contribution in [0.3, 0.4) is 0 Å². The first-order valence-electron chi connectivity index (χ1n) is 9.25. The van der Waals surface area contributed by atoms with Crippen LogP contribution in [0.15, 0.2) is 72.1 Å². The lowest BCUT2D eigenvalue weighted by Gasteiger charge is -2.19. The van der Waals surface area contributed by atoms with E-state index in [2.05, 4.69) is 10.6 Å². The topological polar surface area (TPSA) is 62.6 Å². The molecule has 150 valence electrons. The molecule has 5 nitrogen and oxygen atoms in total. The van der Waals surface area contributed by atoms with Crippen LogP contribution in [0.1, 0.15) is 16.5 Å². The summed E-state index contributed by atoms with van der Waals surface area (Å²) >= 11 is 1.58. The molecule has 0 fully saturated rings. The molecule has 2 atom stereocenters. The van der Waals surface area contributed by atoms with E-state index in [9.17, 15) is 14.0 Å². The van der Waals surface area contributed by atoms with Crippen molar-refractivity contribution in [3.63, 3.8) is 0 Å². The van der Waals surface area contributed by atoms with Crippen molar-refractivity contribution in [2.75, 3.05) is 25.5 Å². The molecule has 3 N–H and O–H groups in total. The van der Waals surface area contributed by atoms with E-state index in [4.69, 9.17) is 0 Å². The van der Waals surface area contributed by atoms with Crippen LogP contribution in [0.4, 0.5) is 10.1 Å². The van der Waals surface area contributed by atoms with Crippen molar-refractivity contribution >= 4 is 28.8 Å². The SMILES string of the molecule is C[NH+](CC(=O)Nc1cccc(F)c1)CC(=O)N[C@@H](c1ccccc1)c1cccs1. The fourth-order valence-electron chi connectivity index (χ4n) is 3.01. The second-order valence-corrected chi connectivity index (χ2v) is 7.78. The van der Waals surface area contributed by atoms with Gasteiger partial charge in [0.05, 0.1) is 13.1 Å². The van der Waals surface area contributed by atoms with Gasteiger partial charge in [-0.25, -0.2) is 4.39 Å². The van der Waals surface area contributed by atoms with E-state index < -0.39 is 5.82 Å². The molecule has 3 rings (SSSR count). The van der Waals surface area contributed by atoms with Crippen molar-refractivity contribution in [1.82, 2.24) is 5.32 Å². The number of quaternary nitrogens is 1. The summed E-state index contributed by atoms with van der Waals surface area (Å²) in [5, 5.41) is 7.69. The Morgan fingerprint density at radius 2 is 1.76 bits per heavy atom. The number of nitrogens with one attached hydrogen (secondary N) is 3. The smallest absolute Gasteiger partial charge is 0.279 e. The Balaban J connectivity index is 1.56. The minimum Gasteiger partial charge on any atom is -0.339 e. The first-order chi connectivity index (χ1) is 14.0. The number of carbonyl (C=O) groups is 2. The van der Waals surface area contributed by atoms with Crippen molar-refractivity contribution in [1.29, 1.82) is 0 Å². The molecule has 1 heterocycles. The Kier molecular flexibility index (Phi) is 7.10. The maximum Gasteiger partial charge on any atom is 0.279 e. The molecule has 7 heteroatoms. The first kappa shape index (κ1) is 20.7. The van der Waals surface area contributed by atoms with Gasteiger partial charge in [0.1, 0.15) is 5.82 Å². The normalized spacial score (nSPS) is 12.8. The molecular formula is C22H23FN3O2S+. The number of likely N-dealkylation sites (N-methyl/N-ethyl adjacent to an activating group) is 1. The van der Waals surface area contributed by atoms with Gasteiger partial charge in [-0.1, -0.05) is 42.5 Å². The van der Waals surface area contributed by atoms with Crippen LogP contribution in [0.2, 0.25) is 0 Å². The Hall–Kier alpha value is -3.03. The summed E-state index contributed by atoms with van der Waals surface area (Å²) < 4.78 is 13.2. The predicted molar refractivity (Wildman–Crippen MR) is 112 cm³/mol. The average molecular weight is 413 g/mol. The molecule has 0 radical (unpaired) electrons. The molecule has 0 aliphatic rings. The highest BCUT2D eigenvalue weighted by atomic mass is 32.1. The van der Waals surface area contributed by atoms with Crippen LogP contribution >= 0.6 is 11.3 Å². The summed E-state index contributed by atoms with van der Waals surface area (Å²) in [6.45, 7) is 0.240. The number of thiophene rings is 1. The number of halogens is 1. The second kappa shape index (κ2) is 9.95. The minimum absolute atomic E-state index is 0.0962. The van der Waals surface area contributed by atoms with Crippen molar-refractivity contribution in [2.24, 2.45) is 0 Å². The molecular weight excluding hydrogens is 389 g/mol. The highest BCUT2D eigenvalue weighted by Gasteiger charge is 2.21. The molecule has 0 saturated heterocycles. The van der Waals surface area contributed by atoms with Crippen LogP contribution in [0.25, 0.3) is 0 Å². The fraction of sp³-hybridized carbons (Fsp3) is 0.182. The third kappa shape index (κ3) is 6.23. The molecule has 2 amide bonds.